The molecule has 0 bridgehead atoms. The highest BCUT2D eigenvalue weighted by Crippen LogP contribution is 2.24. The molecule has 1 aromatic rings. The number of hydrogen-bond donors (Lipinski definition) is 1. The molecule has 3 heteroatoms. The van der Waals surface area contributed by atoms with Gasteiger partial charge in [0.2, 0.25) is 0 Å². The van der Waals surface area contributed by atoms with Gasteiger partial charge in [0.15, 0.2) is 0 Å². The molecule has 0 fully saturated rings. The van der Waals surface area contributed by atoms with E-state index in [2.05, 4.69) is 43.1 Å². The monoisotopic (exact) mass is 221 g/mol. The molecule has 0 aromatic carbocycles. The van der Waals surface area contributed by atoms with Gasteiger partial charge in [-0.1, -0.05) is 20.3 Å². The van der Waals surface area contributed by atoms with Gasteiger partial charge in [0.05, 0.1) is 17.6 Å². The Morgan fingerprint density at radius 2 is 2.12 bits per heavy atom. The Balaban J connectivity index is 2.78. The topological polar surface area (TPSA) is 28.2 Å². The molecule has 1 aromatic heterocycles. The van der Waals surface area contributed by atoms with E-state index in [9.17, 15) is 0 Å². The van der Waals surface area contributed by atoms with Crippen molar-refractivity contribution in [3.63, 3.8) is 0 Å². The second-order valence-electron chi connectivity index (χ2n) is 4.33. The van der Waals surface area contributed by atoms with Crippen molar-refractivity contribution in [2.45, 2.75) is 39.2 Å². The molecule has 0 aliphatic heterocycles. The molecule has 90 valence electrons. The number of nitrogens with zero attached hydrogens (tertiary/aromatic N) is 2. The van der Waals surface area contributed by atoms with Crippen LogP contribution in [0.1, 0.15) is 33.1 Å². The van der Waals surface area contributed by atoms with Crippen LogP contribution in [0.15, 0.2) is 18.5 Å². The van der Waals surface area contributed by atoms with Gasteiger partial charge in [0, 0.05) is 26.3 Å². The summed E-state index contributed by atoms with van der Waals surface area (Å²) >= 11 is 0. The Bertz CT molecular complexity index is 310. The van der Waals surface area contributed by atoms with Crippen molar-refractivity contribution in [1.82, 2.24) is 4.98 Å². The van der Waals surface area contributed by atoms with Crippen LogP contribution in [0.3, 0.4) is 0 Å². The highest BCUT2D eigenvalue weighted by molar-refractivity contribution is 5.68. The second-order valence-corrected chi connectivity index (χ2v) is 4.33. The van der Waals surface area contributed by atoms with E-state index in [4.69, 9.17) is 0 Å². The normalized spacial score (nSPS) is 12.2. The van der Waals surface area contributed by atoms with E-state index in [0.29, 0.717) is 6.04 Å². The van der Waals surface area contributed by atoms with Crippen LogP contribution in [0.25, 0.3) is 0 Å². The lowest BCUT2D eigenvalue weighted by Crippen LogP contribution is -2.20. The summed E-state index contributed by atoms with van der Waals surface area (Å²) in [5.41, 5.74) is 2.33. The van der Waals surface area contributed by atoms with E-state index in [0.717, 1.165) is 12.1 Å². The maximum Gasteiger partial charge on any atom is 0.0766 e. The molecular weight excluding hydrogens is 198 g/mol. The minimum Gasteiger partial charge on any atom is -0.379 e. The van der Waals surface area contributed by atoms with Crippen LogP contribution in [0.5, 0.6) is 0 Å². The summed E-state index contributed by atoms with van der Waals surface area (Å²) in [5.74, 6) is 0. The zero-order valence-electron chi connectivity index (χ0n) is 10.8. The highest BCUT2D eigenvalue weighted by Gasteiger charge is 2.09. The summed E-state index contributed by atoms with van der Waals surface area (Å²) in [6.07, 6.45) is 7.31. The summed E-state index contributed by atoms with van der Waals surface area (Å²) < 4.78 is 0. The van der Waals surface area contributed by atoms with Gasteiger partial charge >= 0.3 is 0 Å². The van der Waals surface area contributed by atoms with Crippen LogP contribution in [0.4, 0.5) is 11.4 Å². The number of pyridine rings is 1. The van der Waals surface area contributed by atoms with Gasteiger partial charge in [-0.3, -0.25) is 4.98 Å². The number of rotatable bonds is 6. The second kappa shape index (κ2) is 6.36. The average Bonchev–Trinajstić information content (AvgIpc) is 2.29. The first-order valence-electron chi connectivity index (χ1n) is 6.06. The van der Waals surface area contributed by atoms with Crippen LogP contribution >= 0.6 is 0 Å². The van der Waals surface area contributed by atoms with Gasteiger partial charge in [0.25, 0.3) is 0 Å². The zero-order valence-corrected chi connectivity index (χ0v) is 10.8. The Kier molecular flexibility index (Phi) is 5.09. The lowest BCUT2D eigenvalue weighted by Gasteiger charge is -2.22. The SMILES string of the molecule is CCCC(CC)Nc1cnccc1N(C)C. The molecule has 1 heterocycles. The quantitative estimate of drug-likeness (QED) is 0.800. The minimum absolute atomic E-state index is 0.549. The summed E-state index contributed by atoms with van der Waals surface area (Å²) in [6, 6.07) is 2.59. The Hall–Kier alpha value is -1.25. The molecule has 0 amide bonds. The van der Waals surface area contributed by atoms with Crippen LogP contribution in [-0.4, -0.2) is 25.1 Å². The predicted octanol–water partition coefficient (Wildman–Crippen LogP) is 3.14. The molecule has 3 nitrogen and oxygen atoms in total. The third kappa shape index (κ3) is 3.40. The van der Waals surface area contributed by atoms with Crippen molar-refractivity contribution >= 4 is 11.4 Å². The van der Waals surface area contributed by atoms with Gasteiger partial charge in [-0.05, 0) is 18.9 Å². The van der Waals surface area contributed by atoms with Crippen LogP contribution in [0.2, 0.25) is 0 Å². The van der Waals surface area contributed by atoms with Crippen molar-refractivity contribution in [2.24, 2.45) is 0 Å². The molecule has 0 aliphatic carbocycles. The first-order chi connectivity index (χ1) is 7.69. The standard InChI is InChI=1S/C13H23N3/c1-5-7-11(6-2)15-12-10-14-9-8-13(12)16(3)4/h8-11,15H,5-7H2,1-4H3. The molecule has 1 rings (SSSR count). The molecule has 0 spiro atoms. The Morgan fingerprint density at radius 3 is 2.69 bits per heavy atom. The van der Waals surface area contributed by atoms with Crippen molar-refractivity contribution in [3.05, 3.63) is 18.5 Å². The minimum atomic E-state index is 0.549. The number of aromatic nitrogens is 1. The van der Waals surface area contributed by atoms with Crippen LogP contribution in [0, 0.1) is 0 Å². The van der Waals surface area contributed by atoms with Crippen LogP contribution in [-0.2, 0) is 0 Å². The third-order valence-electron chi connectivity index (χ3n) is 2.77. The molecule has 0 radical (unpaired) electrons. The molecule has 16 heavy (non-hydrogen) atoms. The fraction of sp³-hybridized carbons (Fsp3) is 0.615. The molecule has 1 N–H and O–H groups in total. The molecule has 0 saturated heterocycles. The molecular formula is C13H23N3. The fourth-order valence-electron chi connectivity index (χ4n) is 1.84. The van der Waals surface area contributed by atoms with Crippen LogP contribution < -0.4 is 10.2 Å². The van der Waals surface area contributed by atoms with Gasteiger partial charge in [-0.15, -0.1) is 0 Å². The maximum atomic E-state index is 4.19. The summed E-state index contributed by atoms with van der Waals surface area (Å²) in [4.78, 5) is 6.30. The Morgan fingerprint density at radius 1 is 1.38 bits per heavy atom. The Labute approximate surface area is 98.9 Å². The van der Waals surface area contributed by atoms with E-state index in [1.807, 2.05) is 18.5 Å². The van der Waals surface area contributed by atoms with Crippen molar-refractivity contribution in [2.75, 3.05) is 24.3 Å². The fourth-order valence-corrected chi connectivity index (χ4v) is 1.84. The lowest BCUT2D eigenvalue weighted by molar-refractivity contribution is 0.622. The summed E-state index contributed by atoms with van der Waals surface area (Å²) in [6.45, 7) is 4.44. The number of nitrogens with one attached hydrogen (secondary N) is 1. The number of hydrogen-bond acceptors (Lipinski definition) is 3. The highest BCUT2D eigenvalue weighted by atomic mass is 15.1. The molecule has 0 aliphatic rings. The smallest absolute Gasteiger partial charge is 0.0766 e. The molecule has 1 unspecified atom stereocenters. The zero-order chi connectivity index (χ0) is 12.0. The van der Waals surface area contributed by atoms with Gasteiger partial charge in [-0.25, -0.2) is 0 Å². The number of anilines is 2. The first kappa shape index (κ1) is 12.8. The molecule has 0 saturated carbocycles. The predicted molar refractivity (Wildman–Crippen MR) is 71.2 cm³/mol. The van der Waals surface area contributed by atoms with Crippen molar-refractivity contribution in [1.29, 1.82) is 0 Å². The van der Waals surface area contributed by atoms with E-state index in [1.54, 1.807) is 0 Å². The lowest BCUT2D eigenvalue weighted by atomic mass is 10.1. The average molecular weight is 221 g/mol. The largest absolute Gasteiger partial charge is 0.379 e. The van der Waals surface area contributed by atoms with E-state index in [-0.39, 0.29) is 0 Å². The van der Waals surface area contributed by atoms with Crippen molar-refractivity contribution < 1.29 is 0 Å². The maximum absolute atomic E-state index is 4.19. The van der Waals surface area contributed by atoms with Gasteiger partial charge < -0.3 is 10.2 Å². The van der Waals surface area contributed by atoms with E-state index in [1.165, 1.54) is 18.5 Å². The van der Waals surface area contributed by atoms with E-state index >= 15 is 0 Å². The molecule has 1 atom stereocenters. The van der Waals surface area contributed by atoms with Crippen molar-refractivity contribution in [3.8, 4) is 0 Å². The summed E-state index contributed by atoms with van der Waals surface area (Å²) in [7, 11) is 4.11. The van der Waals surface area contributed by atoms with E-state index < -0.39 is 0 Å². The van der Waals surface area contributed by atoms with Gasteiger partial charge in [-0.2, -0.15) is 0 Å². The van der Waals surface area contributed by atoms with Gasteiger partial charge in [0.1, 0.15) is 0 Å². The first-order valence-corrected chi connectivity index (χ1v) is 6.06. The summed E-state index contributed by atoms with van der Waals surface area (Å²) in [5, 5.41) is 3.58. The third-order valence-corrected chi connectivity index (χ3v) is 2.77.